The van der Waals surface area contributed by atoms with E-state index in [1.54, 1.807) is 13.0 Å². The second-order valence-electron chi connectivity index (χ2n) is 5.59. The van der Waals surface area contributed by atoms with Crippen molar-refractivity contribution in [2.24, 2.45) is 0 Å². The van der Waals surface area contributed by atoms with E-state index in [9.17, 15) is 8.42 Å². The lowest BCUT2D eigenvalue weighted by molar-refractivity contribution is 0.370. The average molecular weight is 317 g/mol. The molecule has 0 spiro atoms. The van der Waals surface area contributed by atoms with Crippen LogP contribution in [0.4, 0.5) is 0 Å². The van der Waals surface area contributed by atoms with Gasteiger partial charge in [-0.2, -0.15) is 0 Å². The molecule has 7 heteroatoms. The molecule has 1 aromatic rings. The van der Waals surface area contributed by atoms with Crippen molar-refractivity contribution >= 4 is 10.0 Å². The summed E-state index contributed by atoms with van der Waals surface area (Å²) in [6.07, 6.45) is 1.02. The minimum absolute atomic E-state index is 0.166. The second kappa shape index (κ2) is 7.93. The summed E-state index contributed by atoms with van der Waals surface area (Å²) in [5, 5.41) is 3.19. The molecule has 0 aliphatic heterocycles. The third kappa shape index (κ3) is 5.78. The molecule has 0 aliphatic rings. The first-order valence-corrected chi connectivity index (χ1v) is 8.71. The van der Waals surface area contributed by atoms with E-state index < -0.39 is 10.0 Å². The number of furan rings is 1. The molecule has 0 aliphatic carbocycles. The lowest BCUT2D eigenvalue weighted by Crippen LogP contribution is -2.39. The fraction of sp³-hybridized carbons (Fsp3) is 0.714. The maximum atomic E-state index is 12.4. The van der Waals surface area contributed by atoms with Gasteiger partial charge in [-0.3, -0.25) is 0 Å². The Kier molecular flexibility index (Phi) is 6.86. The first-order chi connectivity index (χ1) is 9.76. The Hall–Kier alpha value is -0.890. The smallest absolute Gasteiger partial charge is 0.244 e. The summed E-state index contributed by atoms with van der Waals surface area (Å²) < 4.78 is 32.9. The van der Waals surface area contributed by atoms with Crippen molar-refractivity contribution in [3.63, 3.8) is 0 Å². The predicted molar refractivity (Wildman–Crippen MR) is 83.8 cm³/mol. The van der Waals surface area contributed by atoms with Crippen LogP contribution in [0.3, 0.4) is 0 Å². The molecule has 0 radical (unpaired) electrons. The molecule has 0 saturated carbocycles. The summed E-state index contributed by atoms with van der Waals surface area (Å²) in [7, 11) is 0.273. The van der Waals surface area contributed by atoms with Crippen LogP contribution in [0, 0.1) is 6.92 Å². The molecule has 21 heavy (non-hydrogen) atoms. The number of likely N-dealkylation sites (N-methyl/N-ethyl adjacent to an activating group) is 1. The number of hydrogen-bond acceptors (Lipinski definition) is 5. The first kappa shape index (κ1) is 18.2. The summed E-state index contributed by atoms with van der Waals surface area (Å²) in [6.45, 7) is 7.65. The molecule has 0 bridgehead atoms. The van der Waals surface area contributed by atoms with Crippen molar-refractivity contribution in [2.45, 2.75) is 44.7 Å². The largest absolute Gasteiger partial charge is 0.464 e. The third-order valence-corrected chi connectivity index (χ3v) is 4.63. The lowest BCUT2D eigenvalue weighted by Gasteiger charge is -2.17. The molecule has 6 nitrogen and oxygen atoms in total. The number of nitrogens with one attached hydrogen (secondary N) is 2. The van der Waals surface area contributed by atoms with Crippen LogP contribution in [-0.2, 0) is 16.6 Å². The molecule has 122 valence electrons. The van der Waals surface area contributed by atoms with Gasteiger partial charge in [-0.15, -0.1) is 0 Å². The van der Waals surface area contributed by atoms with Crippen LogP contribution in [0.2, 0.25) is 0 Å². The Morgan fingerprint density at radius 1 is 1.38 bits per heavy atom. The van der Waals surface area contributed by atoms with E-state index in [1.165, 1.54) is 0 Å². The summed E-state index contributed by atoms with van der Waals surface area (Å²) in [5.74, 6) is 1.06. The van der Waals surface area contributed by atoms with E-state index in [2.05, 4.69) is 17.0 Å². The maximum absolute atomic E-state index is 12.4. The van der Waals surface area contributed by atoms with Crippen molar-refractivity contribution in [3.05, 3.63) is 17.6 Å². The van der Waals surface area contributed by atoms with Crippen LogP contribution < -0.4 is 10.0 Å². The van der Waals surface area contributed by atoms with Gasteiger partial charge >= 0.3 is 0 Å². The van der Waals surface area contributed by atoms with Gasteiger partial charge in [0.05, 0.1) is 6.54 Å². The molecule has 1 aromatic heterocycles. The molecule has 1 atom stereocenters. The van der Waals surface area contributed by atoms with E-state index in [0.29, 0.717) is 24.6 Å². The lowest BCUT2D eigenvalue weighted by atomic mass is 10.3. The quantitative estimate of drug-likeness (QED) is 0.672. The Balaban J connectivity index is 2.78. The molecule has 2 N–H and O–H groups in total. The highest BCUT2D eigenvalue weighted by Crippen LogP contribution is 2.20. The van der Waals surface area contributed by atoms with Gasteiger partial charge in [-0.05, 0) is 40.9 Å². The Labute approximate surface area is 127 Å². The highest BCUT2D eigenvalue weighted by Gasteiger charge is 2.23. The minimum atomic E-state index is -3.54. The van der Waals surface area contributed by atoms with Gasteiger partial charge in [0.15, 0.2) is 0 Å². The van der Waals surface area contributed by atoms with Gasteiger partial charge in [0.1, 0.15) is 16.4 Å². The van der Waals surface area contributed by atoms with Crippen molar-refractivity contribution in [1.29, 1.82) is 0 Å². The van der Waals surface area contributed by atoms with Crippen molar-refractivity contribution in [3.8, 4) is 0 Å². The molecule has 1 unspecified atom stereocenters. The number of aryl methyl sites for hydroxylation is 1. The van der Waals surface area contributed by atoms with Crippen LogP contribution in [0.5, 0.6) is 0 Å². The van der Waals surface area contributed by atoms with Crippen molar-refractivity contribution < 1.29 is 12.8 Å². The third-order valence-electron chi connectivity index (χ3n) is 2.93. The molecule has 0 aromatic carbocycles. The van der Waals surface area contributed by atoms with Gasteiger partial charge in [0.2, 0.25) is 10.0 Å². The molecule has 1 rings (SSSR count). The van der Waals surface area contributed by atoms with Crippen LogP contribution in [-0.4, -0.2) is 46.5 Å². The van der Waals surface area contributed by atoms with E-state index in [0.717, 1.165) is 13.0 Å². The number of rotatable bonds is 9. The van der Waals surface area contributed by atoms with E-state index >= 15 is 0 Å². The zero-order valence-corrected chi connectivity index (χ0v) is 14.4. The highest BCUT2D eigenvalue weighted by molar-refractivity contribution is 7.89. The Morgan fingerprint density at radius 3 is 2.62 bits per heavy atom. The summed E-state index contributed by atoms with van der Waals surface area (Å²) >= 11 is 0. The van der Waals surface area contributed by atoms with Crippen LogP contribution in [0.15, 0.2) is 15.4 Å². The summed E-state index contributed by atoms with van der Waals surface area (Å²) in [5.41, 5.74) is 0. The Bertz CT molecular complexity index is 538. The normalized spacial score (nSPS) is 13.8. The van der Waals surface area contributed by atoms with E-state index in [4.69, 9.17) is 4.42 Å². The molecule has 0 amide bonds. The fourth-order valence-electron chi connectivity index (χ4n) is 2.18. The summed E-state index contributed by atoms with van der Waals surface area (Å²) in [4.78, 5) is 2.16. The van der Waals surface area contributed by atoms with E-state index in [-0.39, 0.29) is 10.9 Å². The zero-order chi connectivity index (χ0) is 16.0. The molecule has 0 saturated heterocycles. The highest BCUT2D eigenvalue weighted by atomic mass is 32.2. The number of hydrogen-bond donors (Lipinski definition) is 2. The van der Waals surface area contributed by atoms with Gasteiger partial charge in [0, 0.05) is 18.7 Å². The zero-order valence-electron chi connectivity index (χ0n) is 13.6. The van der Waals surface area contributed by atoms with Crippen LogP contribution in [0.25, 0.3) is 0 Å². The number of nitrogens with zero attached hydrogens (tertiary/aromatic N) is 1. The minimum Gasteiger partial charge on any atom is -0.464 e. The Morgan fingerprint density at radius 2 is 2.05 bits per heavy atom. The predicted octanol–water partition coefficient (Wildman–Crippen LogP) is 1.32. The monoisotopic (exact) mass is 317 g/mol. The molecule has 0 fully saturated rings. The molecular weight excluding hydrogens is 290 g/mol. The van der Waals surface area contributed by atoms with Crippen LogP contribution >= 0.6 is 0 Å². The first-order valence-electron chi connectivity index (χ1n) is 7.23. The van der Waals surface area contributed by atoms with Gasteiger partial charge in [0.25, 0.3) is 0 Å². The second-order valence-corrected chi connectivity index (χ2v) is 7.28. The number of sulfonamides is 1. The van der Waals surface area contributed by atoms with Gasteiger partial charge < -0.3 is 14.6 Å². The standard InChI is InChI=1S/C14H27N3O3S/c1-6-7-15-9-13-8-14(12(3)20-13)21(18,19)16-11(2)10-17(4)5/h8,11,15-16H,6-7,9-10H2,1-5H3. The average Bonchev–Trinajstić information content (AvgIpc) is 2.69. The summed E-state index contributed by atoms with van der Waals surface area (Å²) in [6, 6.07) is 1.43. The van der Waals surface area contributed by atoms with Gasteiger partial charge in [-0.25, -0.2) is 13.1 Å². The molecular formula is C14H27N3O3S. The van der Waals surface area contributed by atoms with E-state index in [1.807, 2.05) is 25.9 Å². The maximum Gasteiger partial charge on any atom is 0.244 e. The van der Waals surface area contributed by atoms with Crippen molar-refractivity contribution in [1.82, 2.24) is 14.9 Å². The van der Waals surface area contributed by atoms with Crippen LogP contribution in [0.1, 0.15) is 31.8 Å². The molecule has 1 heterocycles. The fourth-order valence-corrected chi connectivity index (χ4v) is 3.62. The van der Waals surface area contributed by atoms with Crippen molar-refractivity contribution in [2.75, 3.05) is 27.2 Å². The van der Waals surface area contributed by atoms with Gasteiger partial charge in [-0.1, -0.05) is 6.92 Å². The topological polar surface area (TPSA) is 74.6 Å². The SMILES string of the molecule is CCCNCc1cc(S(=O)(=O)NC(C)CN(C)C)c(C)o1.